The van der Waals surface area contributed by atoms with Crippen molar-refractivity contribution >= 4 is 22.5 Å². The molecule has 1 aromatic heterocycles. The number of aryl methyl sites for hydroxylation is 1. The van der Waals surface area contributed by atoms with Crippen molar-refractivity contribution in [1.29, 1.82) is 0 Å². The first-order valence-corrected chi connectivity index (χ1v) is 7.14. The molecule has 0 radical (unpaired) electrons. The first-order valence-electron chi connectivity index (χ1n) is 6.76. The van der Waals surface area contributed by atoms with Gasteiger partial charge in [-0.25, -0.2) is 0 Å². The Balaban J connectivity index is 2.19. The monoisotopic (exact) mass is 284 g/mol. The Kier molecular flexibility index (Phi) is 3.51. The lowest BCUT2D eigenvalue weighted by Crippen LogP contribution is -2.02. The number of halogens is 1. The summed E-state index contributed by atoms with van der Waals surface area (Å²) >= 11 is 6.64. The van der Waals surface area contributed by atoms with E-state index < -0.39 is 0 Å². The molecule has 0 saturated heterocycles. The standard InChI is InChI=1S/C17H17ClN2/c1-11-2-4-12(5-3-11)14-6-7-15-16(17(14)18)13(8-9-19)10-20-15/h2-7,10,20H,8-9,19H2,1H3. The molecule has 0 spiro atoms. The molecule has 20 heavy (non-hydrogen) atoms. The quantitative estimate of drug-likeness (QED) is 0.740. The largest absolute Gasteiger partial charge is 0.361 e. The molecule has 0 aliphatic carbocycles. The van der Waals surface area contributed by atoms with E-state index >= 15 is 0 Å². The van der Waals surface area contributed by atoms with Crippen molar-refractivity contribution in [3.63, 3.8) is 0 Å². The molecule has 0 aliphatic heterocycles. The van der Waals surface area contributed by atoms with Gasteiger partial charge in [0.1, 0.15) is 0 Å². The van der Waals surface area contributed by atoms with Crippen LogP contribution in [-0.2, 0) is 6.42 Å². The molecule has 2 nitrogen and oxygen atoms in total. The molecule has 0 fully saturated rings. The number of aromatic amines is 1. The molecule has 0 unspecified atom stereocenters. The lowest BCUT2D eigenvalue weighted by atomic mass is 10.0. The molecular formula is C17H17ClN2. The summed E-state index contributed by atoms with van der Waals surface area (Å²) in [5.41, 5.74) is 11.4. The topological polar surface area (TPSA) is 41.8 Å². The van der Waals surface area contributed by atoms with Crippen molar-refractivity contribution in [2.75, 3.05) is 6.54 Å². The van der Waals surface area contributed by atoms with Crippen molar-refractivity contribution in [3.05, 3.63) is 58.7 Å². The van der Waals surface area contributed by atoms with E-state index in [2.05, 4.69) is 48.3 Å². The third-order valence-corrected chi connectivity index (χ3v) is 4.03. The molecule has 0 bridgehead atoms. The van der Waals surface area contributed by atoms with Crippen LogP contribution in [0.4, 0.5) is 0 Å². The summed E-state index contributed by atoms with van der Waals surface area (Å²) in [6.45, 7) is 2.71. The number of fused-ring (bicyclic) bond motifs is 1. The SMILES string of the molecule is Cc1ccc(-c2ccc3[nH]cc(CCN)c3c2Cl)cc1. The number of nitrogens with two attached hydrogens (primary N) is 1. The summed E-state index contributed by atoms with van der Waals surface area (Å²) in [5, 5.41) is 1.89. The average Bonchev–Trinajstić information content (AvgIpc) is 2.85. The number of benzene rings is 2. The van der Waals surface area contributed by atoms with E-state index in [1.54, 1.807) is 0 Å². The third kappa shape index (κ3) is 2.21. The minimum absolute atomic E-state index is 0.623. The highest BCUT2D eigenvalue weighted by molar-refractivity contribution is 6.38. The molecule has 0 atom stereocenters. The Morgan fingerprint density at radius 1 is 1.10 bits per heavy atom. The van der Waals surface area contributed by atoms with Crippen LogP contribution in [0, 0.1) is 6.92 Å². The summed E-state index contributed by atoms with van der Waals surface area (Å²) in [7, 11) is 0. The second-order valence-electron chi connectivity index (χ2n) is 5.07. The minimum atomic E-state index is 0.623. The van der Waals surface area contributed by atoms with Gasteiger partial charge in [-0.3, -0.25) is 0 Å². The Morgan fingerprint density at radius 2 is 1.85 bits per heavy atom. The molecule has 0 saturated carbocycles. The summed E-state index contributed by atoms with van der Waals surface area (Å²) < 4.78 is 0. The predicted molar refractivity (Wildman–Crippen MR) is 86.2 cm³/mol. The van der Waals surface area contributed by atoms with Gasteiger partial charge in [-0.15, -0.1) is 0 Å². The zero-order chi connectivity index (χ0) is 14.1. The molecule has 3 aromatic rings. The number of hydrogen-bond donors (Lipinski definition) is 2. The molecule has 3 heteroatoms. The molecule has 2 aromatic carbocycles. The fraction of sp³-hybridized carbons (Fsp3) is 0.176. The van der Waals surface area contributed by atoms with Gasteiger partial charge in [-0.05, 0) is 37.1 Å². The smallest absolute Gasteiger partial charge is 0.0580 e. The van der Waals surface area contributed by atoms with E-state index in [1.165, 1.54) is 11.1 Å². The van der Waals surface area contributed by atoms with Gasteiger partial charge in [0.25, 0.3) is 0 Å². The number of nitrogens with one attached hydrogen (secondary N) is 1. The molecule has 3 rings (SSSR count). The van der Waals surface area contributed by atoms with Crippen LogP contribution >= 0.6 is 11.6 Å². The van der Waals surface area contributed by atoms with Gasteiger partial charge in [0.2, 0.25) is 0 Å². The van der Waals surface area contributed by atoms with E-state index in [-0.39, 0.29) is 0 Å². The van der Waals surface area contributed by atoms with Crippen LogP contribution < -0.4 is 5.73 Å². The van der Waals surface area contributed by atoms with Crippen LogP contribution in [0.25, 0.3) is 22.0 Å². The Hall–Kier alpha value is -1.77. The maximum atomic E-state index is 6.64. The van der Waals surface area contributed by atoms with Crippen molar-refractivity contribution in [2.24, 2.45) is 5.73 Å². The average molecular weight is 285 g/mol. The molecular weight excluding hydrogens is 268 g/mol. The van der Waals surface area contributed by atoms with Gasteiger partial charge < -0.3 is 10.7 Å². The second kappa shape index (κ2) is 5.31. The van der Waals surface area contributed by atoms with Crippen molar-refractivity contribution < 1.29 is 0 Å². The number of hydrogen-bond acceptors (Lipinski definition) is 1. The van der Waals surface area contributed by atoms with E-state index in [4.69, 9.17) is 17.3 Å². The second-order valence-corrected chi connectivity index (χ2v) is 5.45. The minimum Gasteiger partial charge on any atom is -0.361 e. The zero-order valence-corrected chi connectivity index (χ0v) is 12.2. The fourth-order valence-corrected chi connectivity index (χ4v) is 2.95. The predicted octanol–water partition coefficient (Wildman–Crippen LogP) is 4.30. The lowest BCUT2D eigenvalue weighted by molar-refractivity contribution is 0.976. The van der Waals surface area contributed by atoms with Gasteiger partial charge in [0.05, 0.1) is 5.02 Å². The fourth-order valence-electron chi connectivity index (χ4n) is 2.56. The Labute approximate surface area is 123 Å². The van der Waals surface area contributed by atoms with Crippen LogP contribution in [0.15, 0.2) is 42.6 Å². The number of H-pyrrole nitrogens is 1. The van der Waals surface area contributed by atoms with Gasteiger partial charge in [-0.2, -0.15) is 0 Å². The van der Waals surface area contributed by atoms with Crippen molar-refractivity contribution in [3.8, 4) is 11.1 Å². The normalized spacial score (nSPS) is 11.2. The summed E-state index contributed by atoms with van der Waals surface area (Å²) in [4.78, 5) is 3.26. The highest BCUT2D eigenvalue weighted by Gasteiger charge is 2.12. The Bertz CT molecular complexity index is 742. The highest BCUT2D eigenvalue weighted by atomic mass is 35.5. The summed E-state index contributed by atoms with van der Waals surface area (Å²) in [5.74, 6) is 0. The van der Waals surface area contributed by atoms with Gasteiger partial charge in [-0.1, -0.05) is 47.5 Å². The van der Waals surface area contributed by atoms with E-state index in [0.29, 0.717) is 6.54 Å². The highest BCUT2D eigenvalue weighted by Crippen LogP contribution is 2.36. The lowest BCUT2D eigenvalue weighted by Gasteiger charge is -2.08. The van der Waals surface area contributed by atoms with Crippen molar-refractivity contribution in [1.82, 2.24) is 4.98 Å². The van der Waals surface area contributed by atoms with Crippen LogP contribution in [0.3, 0.4) is 0 Å². The van der Waals surface area contributed by atoms with Crippen LogP contribution in [0.1, 0.15) is 11.1 Å². The number of aromatic nitrogens is 1. The summed E-state index contributed by atoms with van der Waals surface area (Å²) in [6.07, 6.45) is 2.83. The maximum absolute atomic E-state index is 6.64. The van der Waals surface area contributed by atoms with Crippen molar-refractivity contribution in [2.45, 2.75) is 13.3 Å². The number of rotatable bonds is 3. The first kappa shape index (κ1) is 13.2. The van der Waals surface area contributed by atoms with Crippen LogP contribution in [0.5, 0.6) is 0 Å². The Morgan fingerprint density at radius 3 is 2.55 bits per heavy atom. The molecule has 3 N–H and O–H groups in total. The molecule has 102 valence electrons. The van der Waals surface area contributed by atoms with E-state index in [0.717, 1.165) is 33.5 Å². The van der Waals surface area contributed by atoms with E-state index in [1.807, 2.05) is 6.20 Å². The molecule has 1 heterocycles. The zero-order valence-electron chi connectivity index (χ0n) is 11.4. The van der Waals surface area contributed by atoms with Gasteiger partial charge in [0.15, 0.2) is 0 Å². The van der Waals surface area contributed by atoms with Gasteiger partial charge >= 0.3 is 0 Å². The van der Waals surface area contributed by atoms with Gasteiger partial charge in [0, 0.05) is 22.7 Å². The third-order valence-electron chi connectivity index (χ3n) is 3.64. The van der Waals surface area contributed by atoms with E-state index in [9.17, 15) is 0 Å². The maximum Gasteiger partial charge on any atom is 0.0580 e. The van der Waals surface area contributed by atoms with Crippen LogP contribution in [0.2, 0.25) is 5.02 Å². The summed E-state index contributed by atoms with van der Waals surface area (Å²) in [6, 6.07) is 12.6. The van der Waals surface area contributed by atoms with Crippen LogP contribution in [-0.4, -0.2) is 11.5 Å². The first-order chi connectivity index (χ1) is 9.70. The molecule has 0 aliphatic rings. The molecule has 0 amide bonds.